The summed E-state index contributed by atoms with van der Waals surface area (Å²) in [6.45, 7) is 0.358. The normalized spacial score (nSPS) is 10.8. The van der Waals surface area contributed by atoms with E-state index in [1.807, 2.05) is 24.6 Å². The van der Waals surface area contributed by atoms with Crippen LogP contribution in [0.4, 0.5) is 0 Å². The van der Waals surface area contributed by atoms with E-state index in [0.717, 1.165) is 15.0 Å². The van der Waals surface area contributed by atoms with Crippen LogP contribution in [-0.4, -0.2) is 20.8 Å². The summed E-state index contributed by atoms with van der Waals surface area (Å²) in [6.07, 6.45) is 1.69. The summed E-state index contributed by atoms with van der Waals surface area (Å²) in [7, 11) is 1.82. The van der Waals surface area contributed by atoms with Crippen molar-refractivity contribution in [2.45, 2.75) is 6.54 Å². The van der Waals surface area contributed by atoms with Gasteiger partial charge in [0.05, 0.1) is 27.8 Å². The van der Waals surface area contributed by atoms with E-state index in [4.69, 9.17) is 4.52 Å². The molecule has 0 bridgehead atoms. The molecule has 1 amide bonds. The van der Waals surface area contributed by atoms with Gasteiger partial charge in [0.25, 0.3) is 5.91 Å². The number of hydrogen-bond acceptors (Lipinski definition) is 5. The van der Waals surface area contributed by atoms with Crippen LogP contribution in [0.3, 0.4) is 0 Å². The van der Waals surface area contributed by atoms with E-state index in [0.29, 0.717) is 12.3 Å². The van der Waals surface area contributed by atoms with E-state index in [9.17, 15) is 4.79 Å². The lowest BCUT2D eigenvalue weighted by Gasteiger charge is -2.04. The summed E-state index contributed by atoms with van der Waals surface area (Å²) in [5.74, 6) is 0.312. The predicted octanol–water partition coefficient (Wildman–Crippen LogP) is 2.83. The molecule has 3 rings (SSSR count). The monoisotopic (exact) mass is 366 g/mol. The van der Waals surface area contributed by atoms with Gasteiger partial charge in [-0.2, -0.15) is 5.10 Å². The molecule has 21 heavy (non-hydrogen) atoms. The first-order chi connectivity index (χ1) is 10.1. The molecule has 0 saturated heterocycles. The molecule has 0 aliphatic carbocycles. The van der Waals surface area contributed by atoms with Crippen LogP contribution >= 0.6 is 27.3 Å². The van der Waals surface area contributed by atoms with E-state index in [2.05, 4.69) is 31.5 Å². The second-order valence-electron chi connectivity index (χ2n) is 4.30. The molecule has 0 atom stereocenters. The molecule has 3 heterocycles. The first kappa shape index (κ1) is 14.0. The Balaban J connectivity index is 1.69. The third-order valence-corrected chi connectivity index (χ3v) is 4.48. The van der Waals surface area contributed by atoms with Crippen molar-refractivity contribution < 1.29 is 9.32 Å². The molecule has 8 heteroatoms. The minimum atomic E-state index is -0.283. The van der Waals surface area contributed by atoms with Crippen molar-refractivity contribution in [2.24, 2.45) is 7.05 Å². The van der Waals surface area contributed by atoms with Crippen LogP contribution in [0.25, 0.3) is 10.6 Å². The predicted molar refractivity (Wildman–Crippen MR) is 81.9 cm³/mol. The van der Waals surface area contributed by atoms with Crippen LogP contribution in [-0.2, 0) is 13.6 Å². The maximum atomic E-state index is 12.1. The van der Waals surface area contributed by atoms with Gasteiger partial charge in [0.15, 0.2) is 11.5 Å². The van der Waals surface area contributed by atoms with Gasteiger partial charge in [0, 0.05) is 13.1 Å². The second-order valence-corrected chi connectivity index (χ2v) is 6.10. The van der Waals surface area contributed by atoms with Crippen molar-refractivity contribution in [3.05, 3.63) is 45.6 Å². The summed E-state index contributed by atoms with van der Waals surface area (Å²) in [5, 5.41) is 12.6. The highest BCUT2D eigenvalue weighted by atomic mass is 79.9. The smallest absolute Gasteiger partial charge is 0.273 e. The molecular formula is C13H11BrN4O2S. The third-order valence-electron chi connectivity index (χ3n) is 2.93. The lowest BCUT2D eigenvalue weighted by Crippen LogP contribution is -2.24. The molecule has 0 radical (unpaired) electrons. The van der Waals surface area contributed by atoms with Crippen molar-refractivity contribution in [3.63, 3.8) is 0 Å². The minimum absolute atomic E-state index is 0.261. The van der Waals surface area contributed by atoms with Crippen LogP contribution in [0.1, 0.15) is 16.2 Å². The number of hydrogen-bond donors (Lipinski definition) is 1. The molecular weight excluding hydrogens is 356 g/mol. The Bertz CT molecular complexity index is 744. The van der Waals surface area contributed by atoms with Crippen LogP contribution in [0.15, 0.2) is 38.8 Å². The highest BCUT2D eigenvalue weighted by Crippen LogP contribution is 2.25. The number of amides is 1. The molecule has 1 N–H and O–H groups in total. The lowest BCUT2D eigenvalue weighted by atomic mass is 10.3. The summed E-state index contributed by atoms with van der Waals surface area (Å²) >= 11 is 4.92. The van der Waals surface area contributed by atoms with Gasteiger partial charge in [-0.05, 0) is 27.4 Å². The third kappa shape index (κ3) is 2.91. The number of aryl methyl sites for hydroxylation is 1. The first-order valence-electron chi connectivity index (χ1n) is 6.10. The van der Waals surface area contributed by atoms with Gasteiger partial charge >= 0.3 is 0 Å². The van der Waals surface area contributed by atoms with Crippen molar-refractivity contribution in [3.8, 4) is 10.6 Å². The van der Waals surface area contributed by atoms with Gasteiger partial charge in [0.1, 0.15) is 0 Å². The van der Waals surface area contributed by atoms with Crippen molar-refractivity contribution in [2.75, 3.05) is 0 Å². The highest BCUT2D eigenvalue weighted by Gasteiger charge is 2.15. The zero-order chi connectivity index (χ0) is 14.8. The number of nitrogens with one attached hydrogen (secondary N) is 1. The fraction of sp³-hybridized carbons (Fsp3) is 0.154. The quantitative estimate of drug-likeness (QED) is 0.770. The molecule has 0 unspecified atom stereocenters. The van der Waals surface area contributed by atoms with Gasteiger partial charge in [-0.3, -0.25) is 9.48 Å². The van der Waals surface area contributed by atoms with Crippen molar-refractivity contribution >= 4 is 33.2 Å². The number of carbonyl (C=O) groups is 1. The zero-order valence-corrected chi connectivity index (χ0v) is 13.4. The largest absolute Gasteiger partial charge is 0.355 e. The highest BCUT2D eigenvalue weighted by molar-refractivity contribution is 9.10. The van der Waals surface area contributed by atoms with Gasteiger partial charge in [-0.15, -0.1) is 11.3 Å². The summed E-state index contributed by atoms with van der Waals surface area (Å²) in [4.78, 5) is 13.0. The Hall–Kier alpha value is -1.93. The average Bonchev–Trinajstić information content (AvgIpc) is 3.18. The van der Waals surface area contributed by atoms with Gasteiger partial charge < -0.3 is 9.84 Å². The van der Waals surface area contributed by atoms with Gasteiger partial charge in [-0.25, -0.2) is 0 Å². The number of carbonyl (C=O) groups excluding carboxylic acids is 1. The Morgan fingerprint density at radius 3 is 3.10 bits per heavy atom. The van der Waals surface area contributed by atoms with Crippen LogP contribution in [0.2, 0.25) is 0 Å². The molecule has 108 valence electrons. The van der Waals surface area contributed by atoms with Crippen molar-refractivity contribution in [1.82, 2.24) is 20.3 Å². The van der Waals surface area contributed by atoms with Gasteiger partial charge in [0.2, 0.25) is 0 Å². The number of nitrogens with zero attached hydrogens (tertiary/aromatic N) is 3. The van der Waals surface area contributed by atoms with E-state index in [1.165, 1.54) is 11.3 Å². The Morgan fingerprint density at radius 2 is 2.43 bits per heavy atom. The molecule has 0 saturated carbocycles. The summed E-state index contributed by atoms with van der Waals surface area (Å²) in [5.41, 5.74) is 1.14. The summed E-state index contributed by atoms with van der Waals surface area (Å²) < 4.78 is 7.74. The minimum Gasteiger partial charge on any atom is -0.355 e. The van der Waals surface area contributed by atoms with E-state index >= 15 is 0 Å². The van der Waals surface area contributed by atoms with E-state index in [-0.39, 0.29) is 11.6 Å². The summed E-state index contributed by atoms with van der Waals surface area (Å²) in [6, 6.07) is 5.47. The molecule has 0 fully saturated rings. The number of halogens is 1. The maximum absolute atomic E-state index is 12.1. The second kappa shape index (κ2) is 5.82. The lowest BCUT2D eigenvalue weighted by molar-refractivity contribution is 0.0941. The molecule has 0 aliphatic heterocycles. The topological polar surface area (TPSA) is 73.0 Å². The number of aromatic nitrogens is 3. The van der Waals surface area contributed by atoms with Crippen molar-refractivity contribution in [1.29, 1.82) is 0 Å². The molecule has 0 aliphatic rings. The zero-order valence-electron chi connectivity index (χ0n) is 11.0. The fourth-order valence-corrected chi connectivity index (χ4v) is 2.97. The average molecular weight is 367 g/mol. The fourth-order valence-electron chi connectivity index (χ4n) is 1.81. The molecule has 3 aromatic heterocycles. The molecule has 6 nitrogen and oxygen atoms in total. The molecule has 0 spiro atoms. The molecule has 3 aromatic rings. The Morgan fingerprint density at radius 1 is 1.57 bits per heavy atom. The van der Waals surface area contributed by atoms with Crippen LogP contribution < -0.4 is 5.32 Å². The van der Waals surface area contributed by atoms with Crippen LogP contribution in [0.5, 0.6) is 0 Å². The maximum Gasteiger partial charge on any atom is 0.273 e. The first-order valence-corrected chi connectivity index (χ1v) is 7.77. The number of rotatable bonds is 4. The SMILES string of the molecule is Cn1ncc(Br)c1CNC(=O)c1cc(-c2cccs2)on1. The van der Waals surface area contributed by atoms with Crippen LogP contribution in [0, 0.1) is 0 Å². The standard InChI is InChI=1S/C13H11BrN4O2S/c1-18-10(8(14)6-16-18)7-15-13(19)9-5-11(20-17-9)12-3-2-4-21-12/h2-6H,7H2,1H3,(H,15,19). The van der Waals surface area contributed by atoms with E-state index in [1.54, 1.807) is 16.9 Å². The number of thiophene rings is 1. The van der Waals surface area contributed by atoms with E-state index < -0.39 is 0 Å². The van der Waals surface area contributed by atoms with Gasteiger partial charge in [-0.1, -0.05) is 11.2 Å². The Kier molecular flexibility index (Phi) is 3.89. The Labute approximate surface area is 132 Å². The molecule has 0 aromatic carbocycles.